The second-order valence-electron chi connectivity index (χ2n) is 7.50. The Morgan fingerprint density at radius 3 is 2.56 bits per heavy atom. The standard InChI is InChI=1S/C18H30N4O3/c1-14-8-20(9-15(2)25-14)10-16-11-21(12-17(16)13-23)18(24)4-7-22-6-3-5-19-22/h3,5-6,14-17,23H,4,7-13H2,1-2H3/t14-,15+,16-,17-/m1/s1. The van der Waals surface area contributed by atoms with Gasteiger partial charge < -0.3 is 14.7 Å². The summed E-state index contributed by atoms with van der Waals surface area (Å²) in [5.41, 5.74) is 0. The third-order valence-electron chi connectivity index (χ3n) is 5.27. The van der Waals surface area contributed by atoms with E-state index < -0.39 is 0 Å². The van der Waals surface area contributed by atoms with Crippen LogP contribution < -0.4 is 0 Å². The molecule has 3 heterocycles. The number of amides is 1. The van der Waals surface area contributed by atoms with Gasteiger partial charge in [-0.3, -0.25) is 14.4 Å². The minimum absolute atomic E-state index is 0.142. The van der Waals surface area contributed by atoms with Gasteiger partial charge in [0.25, 0.3) is 0 Å². The minimum atomic E-state index is 0.142. The largest absolute Gasteiger partial charge is 0.396 e. The molecule has 0 radical (unpaired) electrons. The number of aliphatic hydroxyl groups excluding tert-OH is 1. The van der Waals surface area contributed by atoms with Crippen LogP contribution in [0.15, 0.2) is 18.5 Å². The van der Waals surface area contributed by atoms with Crippen molar-refractivity contribution in [1.29, 1.82) is 0 Å². The first-order valence-electron chi connectivity index (χ1n) is 9.29. The van der Waals surface area contributed by atoms with Crippen molar-refractivity contribution in [2.75, 3.05) is 39.3 Å². The van der Waals surface area contributed by atoms with Crippen LogP contribution in [0, 0.1) is 11.8 Å². The van der Waals surface area contributed by atoms with E-state index >= 15 is 0 Å². The Hall–Kier alpha value is -1.44. The molecular formula is C18H30N4O3. The van der Waals surface area contributed by atoms with Crippen LogP contribution in [0.2, 0.25) is 0 Å². The summed E-state index contributed by atoms with van der Waals surface area (Å²) >= 11 is 0. The number of morpholine rings is 1. The lowest BCUT2D eigenvalue weighted by Gasteiger charge is -2.37. The van der Waals surface area contributed by atoms with Gasteiger partial charge in [-0.1, -0.05) is 0 Å². The van der Waals surface area contributed by atoms with E-state index in [4.69, 9.17) is 4.74 Å². The highest BCUT2D eigenvalue weighted by Gasteiger charge is 2.36. The fourth-order valence-corrected chi connectivity index (χ4v) is 4.12. The van der Waals surface area contributed by atoms with Crippen LogP contribution in [0.4, 0.5) is 0 Å². The number of aromatic nitrogens is 2. The second kappa shape index (κ2) is 8.29. The van der Waals surface area contributed by atoms with Crippen molar-refractivity contribution in [3.63, 3.8) is 0 Å². The zero-order valence-corrected chi connectivity index (χ0v) is 15.3. The van der Waals surface area contributed by atoms with Crippen molar-refractivity contribution in [3.05, 3.63) is 18.5 Å². The van der Waals surface area contributed by atoms with Gasteiger partial charge in [0, 0.05) is 70.6 Å². The molecule has 7 heteroatoms. The van der Waals surface area contributed by atoms with E-state index in [2.05, 4.69) is 23.8 Å². The Bertz CT molecular complexity index is 541. The Balaban J connectivity index is 1.51. The summed E-state index contributed by atoms with van der Waals surface area (Å²) in [6.45, 7) is 9.12. The van der Waals surface area contributed by atoms with Gasteiger partial charge >= 0.3 is 0 Å². The van der Waals surface area contributed by atoms with Gasteiger partial charge in [-0.2, -0.15) is 5.10 Å². The average Bonchev–Trinajstić information content (AvgIpc) is 3.21. The Morgan fingerprint density at radius 1 is 1.20 bits per heavy atom. The van der Waals surface area contributed by atoms with Crippen molar-refractivity contribution >= 4 is 5.91 Å². The number of hydrogen-bond donors (Lipinski definition) is 1. The lowest BCUT2D eigenvalue weighted by Crippen LogP contribution is -2.48. The molecule has 1 aromatic rings. The van der Waals surface area contributed by atoms with Gasteiger partial charge in [0.05, 0.1) is 12.2 Å². The molecule has 1 aromatic heterocycles. The summed E-state index contributed by atoms with van der Waals surface area (Å²) in [7, 11) is 0. The van der Waals surface area contributed by atoms with E-state index in [0.29, 0.717) is 25.4 Å². The van der Waals surface area contributed by atoms with Gasteiger partial charge in [0.2, 0.25) is 5.91 Å². The first-order valence-corrected chi connectivity index (χ1v) is 9.29. The molecule has 4 atom stereocenters. The third-order valence-corrected chi connectivity index (χ3v) is 5.27. The molecule has 7 nitrogen and oxygen atoms in total. The van der Waals surface area contributed by atoms with Crippen LogP contribution in [-0.4, -0.2) is 82.1 Å². The maximum Gasteiger partial charge on any atom is 0.224 e. The highest BCUT2D eigenvalue weighted by atomic mass is 16.5. The van der Waals surface area contributed by atoms with Crippen LogP contribution in [0.25, 0.3) is 0 Å². The molecular weight excluding hydrogens is 320 g/mol. The molecule has 2 fully saturated rings. The van der Waals surface area contributed by atoms with E-state index in [-0.39, 0.29) is 30.6 Å². The fraction of sp³-hybridized carbons (Fsp3) is 0.778. The number of carbonyl (C=O) groups is 1. The quantitative estimate of drug-likeness (QED) is 0.807. The minimum Gasteiger partial charge on any atom is -0.396 e. The topological polar surface area (TPSA) is 70.8 Å². The SMILES string of the molecule is C[C@@H]1CN(C[C@@H]2CN(C(=O)CCn3cccn3)C[C@@H]2CO)C[C@H](C)O1. The molecule has 0 aromatic carbocycles. The lowest BCUT2D eigenvalue weighted by atomic mass is 9.96. The normalized spacial score (nSPS) is 30.8. The van der Waals surface area contributed by atoms with Crippen LogP contribution in [-0.2, 0) is 16.1 Å². The monoisotopic (exact) mass is 350 g/mol. The molecule has 2 aliphatic rings. The summed E-state index contributed by atoms with van der Waals surface area (Å²) in [6.07, 6.45) is 4.53. The number of likely N-dealkylation sites (tertiary alicyclic amines) is 1. The van der Waals surface area contributed by atoms with Gasteiger partial charge in [0.15, 0.2) is 0 Å². The summed E-state index contributed by atoms with van der Waals surface area (Å²) < 4.78 is 7.58. The van der Waals surface area contributed by atoms with Crippen molar-refractivity contribution in [2.45, 2.75) is 39.0 Å². The van der Waals surface area contributed by atoms with Gasteiger partial charge in [-0.15, -0.1) is 0 Å². The van der Waals surface area contributed by atoms with E-state index in [1.807, 2.05) is 17.2 Å². The zero-order valence-electron chi connectivity index (χ0n) is 15.3. The Labute approximate surface area is 149 Å². The number of ether oxygens (including phenoxy) is 1. The first kappa shape index (κ1) is 18.4. The zero-order chi connectivity index (χ0) is 17.8. The highest BCUT2D eigenvalue weighted by Crippen LogP contribution is 2.26. The molecule has 0 bridgehead atoms. The number of aliphatic hydroxyl groups is 1. The van der Waals surface area contributed by atoms with Gasteiger partial charge in [0.1, 0.15) is 0 Å². The van der Waals surface area contributed by atoms with Crippen LogP contribution in [0.3, 0.4) is 0 Å². The summed E-state index contributed by atoms with van der Waals surface area (Å²) in [4.78, 5) is 16.9. The molecule has 1 N–H and O–H groups in total. The molecule has 0 saturated carbocycles. The summed E-state index contributed by atoms with van der Waals surface area (Å²) in [5.74, 6) is 0.651. The fourth-order valence-electron chi connectivity index (χ4n) is 4.12. The van der Waals surface area contributed by atoms with Gasteiger partial charge in [-0.05, 0) is 25.8 Å². The molecule has 25 heavy (non-hydrogen) atoms. The van der Waals surface area contributed by atoms with Crippen molar-refractivity contribution < 1.29 is 14.6 Å². The lowest BCUT2D eigenvalue weighted by molar-refractivity contribution is -0.130. The summed E-state index contributed by atoms with van der Waals surface area (Å²) in [6, 6.07) is 1.86. The van der Waals surface area contributed by atoms with Crippen molar-refractivity contribution in [2.24, 2.45) is 11.8 Å². The maximum absolute atomic E-state index is 12.5. The average molecular weight is 350 g/mol. The molecule has 2 saturated heterocycles. The maximum atomic E-state index is 12.5. The van der Waals surface area contributed by atoms with Gasteiger partial charge in [-0.25, -0.2) is 0 Å². The van der Waals surface area contributed by atoms with E-state index in [9.17, 15) is 9.90 Å². The molecule has 140 valence electrons. The highest BCUT2D eigenvalue weighted by molar-refractivity contribution is 5.76. The number of carbonyl (C=O) groups excluding carboxylic acids is 1. The Morgan fingerprint density at radius 2 is 1.92 bits per heavy atom. The van der Waals surface area contributed by atoms with E-state index in [1.54, 1.807) is 10.9 Å². The van der Waals surface area contributed by atoms with Crippen molar-refractivity contribution in [1.82, 2.24) is 19.6 Å². The molecule has 2 aliphatic heterocycles. The second-order valence-corrected chi connectivity index (χ2v) is 7.50. The number of rotatable bonds is 6. The smallest absolute Gasteiger partial charge is 0.224 e. The van der Waals surface area contributed by atoms with E-state index in [0.717, 1.165) is 26.2 Å². The predicted molar refractivity (Wildman–Crippen MR) is 93.9 cm³/mol. The van der Waals surface area contributed by atoms with Crippen LogP contribution in [0.5, 0.6) is 0 Å². The number of hydrogen-bond acceptors (Lipinski definition) is 5. The molecule has 0 spiro atoms. The molecule has 1 amide bonds. The van der Waals surface area contributed by atoms with Crippen LogP contribution >= 0.6 is 0 Å². The number of aryl methyl sites for hydroxylation is 1. The molecule has 0 unspecified atom stereocenters. The third kappa shape index (κ3) is 4.80. The van der Waals surface area contributed by atoms with E-state index in [1.165, 1.54) is 0 Å². The van der Waals surface area contributed by atoms with Crippen LogP contribution in [0.1, 0.15) is 20.3 Å². The predicted octanol–water partition coefficient (Wildman–Crippen LogP) is 0.449. The Kier molecular flexibility index (Phi) is 6.09. The molecule has 0 aliphatic carbocycles. The van der Waals surface area contributed by atoms with Crippen molar-refractivity contribution in [3.8, 4) is 0 Å². The number of nitrogens with zero attached hydrogens (tertiary/aromatic N) is 4. The first-order chi connectivity index (χ1) is 12.0. The summed E-state index contributed by atoms with van der Waals surface area (Å²) in [5, 5.41) is 13.9. The molecule has 3 rings (SSSR count).